The van der Waals surface area contributed by atoms with Crippen LogP contribution in [0.1, 0.15) is 41.5 Å². The number of allylic oxidation sites excluding steroid dienone is 1. The first-order valence-corrected chi connectivity index (χ1v) is 5.21. The minimum absolute atomic E-state index is 0.544. The van der Waals surface area contributed by atoms with Gasteiger partial charge in [-0.25, -0.2) is 5.01 Å². The van der Waals surface area contributed by atoms with Gasteiger partial charge in [0.05, 0.1) is 0 Å². The topological polar surface area (TPSA) is 6.48 Å². The van der Waals surface area contributed by atoms with Crippen LogP contribution in [0.2, 0.25) is 0 Å². The van der Waals surface area contributed by atoms with Gasteiger partial charge in [-0.15, -0.1) is 0 Å². The fourth-order valence-corrected chi connectivity index (χ4v) is 2.27. The Morgan fingerprint density at radius 3 is 2.00 bits per heavy atom. The Morgan fingerprint density at radius 2 is 1.69 bits per heavy atom. The summed E-state index contributed by atoms with van der Waals surface area (Å²) in [5.74, 6) is 0. The zero-order valence-corrected chi connectivity index (χ0v) is 9.70. The summed E-state index contributed by atoms with van der Waals surface area (Å²) >= 11 is 0. The zero-order valence-electron chi connectivity index (χ0n) is 9.70. The number of hydrazine groups is 1. The molecular formula is C11H22N2. The van der Waals surface area contributed by atoms with Gasteiger partial charge in [0.15, 0.2) is 0 Å². The van der Waals surface area contributed by atoms with Gasteiger partial charge in [-0.2, -0.15) is 0 Å². The van der Waals surface area contributed by atoms with Crippen molar-refractivity contribution < 1.29 is 0 Å². The quantitative estimate of drug-likeness (QED) is 0.647. The Hall–Kier alpha value is -0.500. The largest absolute Gasteiger partial charge is 0.307 e. The molecular weight excluding hydrogens is 160 g/mol. The lowest BCUT2D eigenvalue weighted by molar-refractivity contribution is -0.0406. The summed E-state index contributed by atoms with van der Waals surface area (Å²) in [5, 5.41) is 4.84. The number of rotatable bonds is 2. The van der Waals surface area contributed by atoms with Gasteiger partial charge >= 0.3 is 0 Å². The van der Waals surface area contributed by atoms with E-state index < -0.39 is 0 Å². The monoisotopic (exact) mass is 182 g/mol. The van der Waals surface area contributed by atoms with E-state index in [9.17, 15) is 0 Å². The van der Waals surface area contributed by atoms with Crippen molar-refractivity contribution in [1.29, 1.82) is 0 Å². The second kappa shape index (κ2) is 3.70. The zero-order chi connectivity index (χ0) is 10.2. The summed E-state index contributed by atoms with van der Waals surface area (Å²) in [7, 11) is 0. The average molecular weight is 182 g/mol. The van der Waals surface area contributed by atoms with Gasteiger partial charge in [-0.3, -0.25) is 0 Å². The van der Waals surface area contributed by atoms with Gasteiger partial charge in [-0.1, -0.05) is 0 Å². The molecule has 0 N–H and O–H groups in total. The molecule has 0 aromatic carbocycles. The van der Waals surface area contributed by atoms with E-state index in [2.05, 4.69) is 57.6 Å². The maximum Gasteiger partial charge on any atom is 0.0468 e. The number of nitrogens with zero attached hydrogens (tertiary/aromatic N) is 2. The molecule has 1 atom stereocenters. The summed E-state index contributed by atoms with van der Waals surface area (Å²) in [4.78, 5) is 0. The molecule has 0 amide bonds. The molecule has 0 bridgehead atoms. The van der Waals surface area contributed by atoms with E-state index in [-0.39, 0.29) is 0 Å². The molecule has 1 rings (SSSR count). The third kappa shape index (κ3) is 1.88. The molecule has 1 unspecified atom stereocenters. The van der Waals surface area contributed by atoms with Gasteiger partial charge in [-0.05, 0) is 47.6 Å². The maximum atomic E-state index is 2.44. The van der Waals surface area contributed by atoms with E-state index in [4.69, 9.17) is 0 Å². The average Bonchev–Trinajstić information content (AvgIpc) is 2.24. The molecule has 0 saturated carbocycles. The van der Waals surface area contributed by atoms with Gasteiger partial charge in [0.1, 0.15) is 0 Å². The van der Waals surface area contributed by atoms with Crippen molar-refractivity contribution >= 4 is 0 Å². The standard InChI is InChI=1S/C11H22N2/c1-8(2)12-10(5)7-11(6)13(12)9(3)4/h7-10H,1-6H3. The molecule has 0 aliphatic carbocycles. The number of hydrogen-bond acceptors (Lipinski definition) is 2. The van der Waals surface area contributed by atoms with Crippen LogP contribution in [0.4, 0.5) is 0 Å². The lowest BCUT2D eigenvalue weighted by Gasteiger charge is -2.40. The minimum Gasteiger partial charge on any atom is -0.307 e. The summed E-state index contributed by atoms with van der Waals surface area (Å²) in [6, 6.07) is 1.68. The van der Waals surface area contributed by atoms with Crippen LogP contribution in [0.15, 0.2) is 11.8 Å². The Kier molecular flexibility index (Phi) is 3.01. The van der Waals surface area contributed by atoms with Gasteiger partial charge in [0.2, 0.25) is 0 Å². The van der Waals surface area contributed by atoms with Gasteiger partial charge in [0, 0.05) is 23.8 Å². The van der Waals surface area contributed by atoms with Crippen LogP contribution in [0, 0.1) is 0 Å². The minimum atomic E-state index is 0.544. The van der Waals surface area contributed by atoms with Crippen LogP contribution >= 0.6 is 0 Å². The molecule has 0 fully saturated rings. The summed E-state index contributed by atoms with van der Waals surface area (Å²) in [5.41, 5.74) is 1.39. The molecule has 0 saturated heterocycles. The highest BCUT2D eigenvalue weighted by Crippen LogP contribution is 2.26. The van der Waals surface area contributed by atoms with E-state index in [1.807, 2.05) is 0 Å². The van der Waals surface area contributed by atoms with Crippen molar-refractivity contribution in [1.82, 2.24) is 10.0 Å². The first-order valence-electron chi connectivity index (χ1n) is 5.21. The Morgan fingerprint density at radius 1 is 1.15 bits per heavy atom. The SMILES string of the molecule is CC1=CC(C)N(C(C)C)N1C(C)C. The molecule has 1 aliphatic rings. The van der Waals surface area contributed by atoms with E-state index >= 15 is 0 Å². The van der Waals surface area contributed by atoms with Gasteiger partial charge < -0.3 is 5.01 Å². The second-order valence-corrected chi connectivity index (χ2v) is 4.46. The molecule has 0 radical (unpaired) electrons. The van der Waals surface area contributed by atoms with Crippen molar-refractivity contribution in [2.75, 3.05) is 0 Å². The highest BCUT2D eigenvalue weighted by atomic mass is 15.7. The highest BCUT2D eigenvalue weighted by molar-refractivity contribution is 5.10. The lowest BCUT2D eigenvalue weighted by Crippen LogP contribution is -2.48. The summed E-state index contributed by atoms with van der Waals surface area (Å²) in [6.45, 7) is 13.4. The Bertz CT molecular complexity index is 206. The van der Waals surface area contributed by atoms with E-state index in [1.54, 1.807) is 0 Å². The van der Waals surface area contributed by atoms with Crippen molar-refractivity contribution in [2.45, 2.75) is 59.7 Å². The van der Waals surface area contributed by atoms with Crippen LogP contribution in [0.25, 0.3) is 0 Å². The predicted molar refractivity (Wildman–Crippen MR) is 57.2 cm³/mol. The fourth-order valence-electron chi connectivity index (χ4n) is 2.27. The second-order valence-electron chi connectivity index (χ2n) is 4.46. The number of hydrogen-bond donors (Lipinski definition) is 0. The van der Waals surface area contributed by atoms with Crippen molar-refractivity contribution in [3.05, 3.63) is 11.8 Å². The highest BCUT2D eigenvalue weighted by Gasteiger charge is 2.30. The van der Waals surface area contributed by atoms with E-state index in [1.165, 1.54) is 5.70 Å². The Labute approximate surface area is 82.2 Å². The molecule has 2 heteroatoms. The van der Waals surface area contributed by atoms with Crippen molar-refractivity contribution in [3.63, 3.8) is 0 Å². The molecule has 0 aromatic heterocycles. The molecule has 2 nitrogen and oxygen atoms in total. The van der Waals surface area contributed by atoms with Crippen LogP contribution in [-0.2, 0) is 0 Å². The van der Waals surface area contributed by atoms with Crippen LogP contribution in [0.3, 0.4) is 0 Å². The molecule has 13 heavy (non-hydrogen) atoms. The molecule has 0 aromatic rings. The molecule has 1 heterocycles. The van der Waals surface area contributed by atoms with E-state index in [0.29, 0.717) is 18.1 Å². The van der Waals surface area contributed by atoms with Crippen molar-refractivity contribution in [3.8, 4) is 0 Å². The third-order valence-corrected chi connectivity index (χ3v) is 2.53. The molecule has 76 valence electrons. The fraction of sp³-hybridized carbons (Fsp3) is 0.818. The maximum absolute atomic E-state index is 2.44. The van der Waals surface area contributed by atoms with Crippen LogP contribution in [-0.4, -0.2) is 28.1 Å². The van der Waals surface area contributed by atoms with E-state index in [0.717, 1.165) is 0 Å². The third-order valence-electron chi connectivity index (χ3n) is 2.53. The predicted octanol–water partition coefficient (Wildman–Crippen LogP) is 2.63. The van der Waals surface area contributed by atoms with Crippen LogP contribution < -0.4 is 0 Å². The van der Waals surface area contributed by atoms with Gasteiger partial charge in [0.25, 0.3) is 0 Å². The smallest absolute Gasteiger partial charge is 0.0468 e. The normalized spacial score (nSPS) is 24.8. The summed E-state index contributed by atoms with van der Waals surface area (Å²) in [6.07, 6.45) is 2.33. The lowest BCUT2D eigenvalue weighted by atomic mass is 10.2. The summed E-state index contributed by atoms with van der Waals surface area (Å²) < 4.78 is 0. The van der Waals surface area contributed by atoms with Crippen LogP contribution in [0.5, 0.6) is 0 Å². The molecule has 1 aliphatic heterocycles. The Balaban J connectivity index is 2.84. The first kappa shape index (κ1) is 10.6. The molecule has 0 spiro atoms. The first-order chi connectivity index (χ1) is 5.95. The van der Waals surface area contributed by atoms with Crippen molar-refractivity contribution in [2.24, 2.45) is 0 Å².